The molecular weight excluding hydrogens is 358 g/mol. The van der Waals surface area contributed by atoms with Gasteiger partial charge >= 0.3 is 6.09 Å². The molecule has 2 aromatic heterocycles. The van der Waals surface area contributed by atoms with E-state index in [-0.39, 0.29) is 0 Å². The number of nitrogens with one attached hydrogen (secondary N) is 1. The van der Waals surface area contributed by atoms with E-state index in [2.05, 4.69) is 41.0 Å². The first-order valence-electron chi connectivity index (χ1n) is 8.77. The summed E-state index contributed by atoms with van der Waals surface area (Å²) >= 11 is 1.60. The van der Waals surface area contributed by atoms with Gasteiger partial charge in [-0.1, -0.05) is 35.1 Å². The zero-order chi connectivity index (χ0) is 19.2. The van der Waals surface area contributed by atoms with Gasteiger partial charge in [-0.15, -0.1) is 0 Å². The first kappa shape index (κ1) is 17.5. The third-order valence-electron chi connectivity index (χ3n) is 4.05. The Morgan fingerprint density at radius 2 is 2.00 bits per heavy atom. The molecule has 1 N–H and O–H groups in total. The summed E-state index contributed by atoms with van der Waals surface area (Å²) in [4.78, 5) is 17.7. The van der Waals surface area contributed by atoms with Gasteiger partial charge in [-0.2, -0.15) is 0 Å². The second-order valence-corrected chi connectivity index (χ2v) is 8.57. The molecule has 1 amide bonds. The van der Waals surface area contributed by atoms with Crippen molar-refractivity contribution < 1.29 is 9.53 Å². The van der Waals surface area contributed by atoms with Crippen LogP contribution in [0.1, 0.15) is 26.3 Å². The van der Waals surface area contributed by atoms with E-state index in [0.717, 1.165) is 26.4 Å². The maximum atomic E-state index is 12.0. The highest BCUT2D eigenvalue weighted by Crippen LogP contribution is 2.31. The van der Waals surface area contributed by atoms with Crippen molar-refractivity contribution in [2.45, 2.75) is 33.3 Å². The molecule has 4 aromatic rings. The Hall–Kier alpha value is -2.86. The number of fused-ring (bicyclic) bond motifs is 3. The van der Waals surface area contributed by atoms with E-state index in [1.165, 1.54) is 5.56 Å². The largest absolute Gasteiger partial charge is 0.444 e. The summed E-state index contributed by atoms with van der Waals surface area (Å²) in [6.07, 6.45) is 1.61. The molecule has 0 spiro atoms. The van der Waals surface area contributed by atoms with E-state index >= 15 is 0 Å². The minimum absolute atomic E-state index is 0.454. The van der Waals surface area contributed by atoms with Crippen LogP contribution < -0.4 is 5.32 Å². The lowest BCUT2D eigenvalue weighted by atomic mass is 10.1. The van der Waals surface area contributed by atoms with Gasteiger partial charge in [0.25, 0.3) is 0 Å². The fourth-order valence-electron chi connectivity index (χ4n) is 2.94. The van der Waals surface area contributed by atoms with E-state index in [1.54, 1.807) is 11.3 Å². The van der Waals surface area contributed by atoms with Gasteiger partial charge in [-0.25, -0.2) is 9.78 Å². The Labute approximate surface area is 161 Å². The predicted molar refractivity (Wildman–Crippen MR) is 111 cm³/mol. The Morgan fingerprint density at radius 3 is 2.74 bits per heavy atom. The first-order chi connectivity index (χ1) is 12.8. The predicted octanol–water partition coefficient (Wildman–Crippen LogP) is 5.87. The van der Waals surface area contributed by atoms with Gasteiger partial charge in [0.05, 0.1) is 15.9 Å². The van der Waals surface area contributed by atoms with Gasteiger partial charge in [0, 0.05) is 17.4 Å². The molecule has 4 rings (SSSR count). The maximum Gasteiger partial charge on any atom is 0.412 e. The first-order valence-corrected chi connectivity index (χ1v) is 9.59. The molecule has 6 heteroatoms. The van der Waals surface area contributed by atoms with Crippen LogP contribution in [0.2, 0.25) is 0 Å². The van der Waals surface area contributed by atoms with E-state index in [0.29, 0.717) is 5.69 Å². The topological polar surface area (TPSA) is 55.6 Å². The van der Waals surface area contributed by atoms with E-state index < -0.39 is 11.7 Å². The fraction of sp³-hybridized carbons (Fsp3) is 0.238. The minimum atomic E-state index is -0.524. The van der Waals surface area contributed by atoms with Crippen LogP contribution in [-0.4, -0.2) is 21.1 Å². The molecule has 0 aliphatic heterocycles. The number of nitrogens with zero attached hydrogens (tertiary/aromatic N) is 2. The number of rotatable bonds is 2. The van der Waals surface area contributed by atoms with E-state index in [4.69, 9.17) is 9.72 Å². The monoisotopic (exact) mass is 379 g/mol. The molecule has 27 heavy (non-hydrogen) atoms. The van der Waals surface area contributed by atoms with Gasteiger partial charge in [0.15, 0.2) is 4.96 Å². The minimum Gasteiger partial charge on any atom is -0.444 e. The fourth-order valence-corrected chi connectivity index (χ4v) is 3.99. The number of ether oxygens (including phenoxy) is 1. The van der Waals surface area contributed by atoms with Crippen LogP contribution in [0.4, 0.5) is 10.5 Å². The van der Waals surface area contributed by atoms with Crippen molar-refractivity contribution in [3.8, 4) is 11.3 Å². The van der Waals surface area contributed by atoms with E-state index in [1.807, 2.05) is 45.0 Å². The van der Waals surface area contributed by atoms with Crippen molar-refractivity contribution in [1.82, 2.24) is 9.38 Å². The van der Waals surface area contributed by atoms with Crippen LogP contribution in [0.5, 0.6) is 0 Å². The normalized spacial score (nSPS) is 11.9. The van der Waals surface area contributed by atoms with Gasteiger partial charge in [-0.3, -0.25) is 9.72 Å². The van der Waals surface area contributed by atoms with Crippen molar-refractivity contribution in [3.63, 3.8) is 0 Å². The highest BCUT2D eigenvalue weighted by molar-refractivity contribution is 7.23. The Kier molecular flexibility index (Phi) is 4.15. The average molecular weight is 379 g/mol. The molecule has 0 saturated heterocycles. The molecule has 0 unspecified atom stereocenters. The summed E-state index contributed by atoms with van der Waals surface area (Å²) in [6.45, 7) is 7.61. The van der Waals surface area contributed by atoms with Crippen LogP contribution in [-0.2, 0) is 4.74 Å². The van der Waals surface area contributed by atoms with Gasteiger partial charge in [0.2, 0.25) is 0 Å². The lowest BCUT2D eigenvalue weighted by Crippen LogP contribution is -2.27. The van der Waals surface area contributed by atoms with Crippen molar-refractivity contribution in [2.24, 2.45) is 0 Å². The molecule has 5 nitrogen and oxygen atoms in total. The van der Waals surface area contributed by atoms with Gasteiger partial charge in [-0.05, 0) is 52.0 Å². The third kappa shape index (κ3) is 3.66. The molecule has 0 bridgehead atoms. The smallest absolute Gasteiger partial charge is 0.412 e. The Bertz CT molecular complexity index is 1150. The van der Waals surface area contributed by atoms with Gasteiger partial charge in [0.1, 0.15) is 5.60 Å². The summed E-state index contributed by atoms with van der Waals surface area (Å²) in [7, 11) is 0. The summed E-state index contributed by atoms with van der Waals surface area (Å²) < 4.78 is 8.46. The summed E-state index contributed by atoms with van der Waals surface area (Å²) in [5, 5.41) is 2.79. The number of benzene rings is 2. The zero-order valence-corrected chi connectivity index (χ0v) is 16.6. The standard InChI is InChI=1S/C21H21N3O2S/c1-13-6-5-7-14(10-13)16-12-24-17-9-8-15(11-18(17)27-19(24)23-16)22-20(25)26-21(2,3)4/h5-12H,1-4H3,(H,22,25). The van der Waals surface area contributed by atoms with Crippen molar-refractivity contribution in [3.05, 3.63) is 54.2 Å². The molecular formula is C21H21N3O2S. The highest BCUT2D eigenvalue weighted by atomic mass is 32.1. The molecule has 2 aromatic carbocycles. The lowest BCUT2D eigenvalue weighted by molar-refractivity contribution is 0.0636. The summed E-state index contributed by atoms with van der Waals surface area (Å²) in [6, 6.07) is 14.2. The lowest BCUT2D eigenvalue weighted by Gasteiger charge is -2.19. The Morgan fingerprint density at radius 1 is 1.19 bits per heavy atom. The van der Waals surface area contributed by atoms with Crippen LogP contribution in [0.25, 0.3) is 26.4 Å². The molecule has 0 aliphatic carbocycles. The number of hydrogen-bond donors (Lipinski definition) is 1. The van der Waals surface area contributed by atoms with Crippen molar-refractivity contribution in [2.75, 3.05) is 5.32 Å². The number of carbonyl (C=O) groups excluding carboxylic acids is 1. The molecule has 0 saturated carbocycles. The highest BCUT2D eigenvalue weighted by Gasteiger charge is 2.17. The third-order valence-corrected chi connectivity index (χ3v) is 5.07. The molecule has 0 radical (unpaired) electrons. The van der Waals surface area contributed by atoms with Crippen molar-refractivity contribution in [1.29, 1.82) is 0 Å². The molecule has 0 fully saturated rings. The summed E-state index contributed by atoms with van der Waals surface area (Å²) in [5.41, 5.74) is 4.54. The zero-order valence-electron chi connectivity index (χ0n) is 15.7. The Balaban J connectivity index is 1.65. The number of carbonyl (C=O) groups is 1. The average Bonchev–Trinajstić information content (AvgIpc) is 3.10. The second-order valence-electron chi connectivity index (χ2n) is 7.56. The molecule has 0 aliphatic rings. The number of aryl methyl sites for hydroxylation is 1. The molecule has 2 heterocycles. The number of amides is 1. The number of thiazole rings is 1. The quantitative estimate of drug-likeness (QED) is 0.474. The maximum absolute atomic E-state index is 12.0. The molecule has 0 atom stereocenters. The number of anilines is 1. The number of aromatic nitrogens is 2. The van der Waals surface area contributed by atoms with Crippen LogP contribution >= 0.6 is 11.3 Å². The number of hydrogen-bond acceptors (Lipinski definition) is 4. The second kappa shape index (κ2) is 6.39. The number of imidazole rings is 1. The summed E-state index contributed by atoms with van der Waals surface area (Å²) in [5.74, 6) is 0. The van der Waals surface area contributed by atoms with E-state index in [9.17, 15) is 4.79 Å². The van der Waals surface area contributed by atoms with Crippen LogP contribution in [0.15, 0.2) is 48.7 Å². The van der Waals surface area contributed by atoms with Crippen LogP contribution in [0, 0.1) is 6.92 Å². The van der Waals surface area contributed by atoms with Crippen LogP contribution in [0.3, 0.4) is 0 Å². The SMILES string of the molecule is Cc1cccc(-c2cn3c(n2)sc2cc(NC(=O)OC(C)(C)C)ccc23)c1. The van der Waals surface area contributed by atoms with Gasteiger partial charge < -0.3 is 4.74 Å². The molecule has 138 valence electrons. The van der Waals surface area contributed by atoms with Crippen molar-refractivity contribution >= 4 is 38.3 Å².